The summed E-state index contributed by atoms with van der Waals surface area (Å²) in [6, 6.07) is 13.7. The molecule has 1 aliphatic heterocycles. The van der Waals surface area contributed by atoms with Crippen LogP contribution in [-0.2, 0) is 10.2 Å². The van der Waals surface area contributed by atoms with Crippen LogP contribution in [0.2, 0.25) is 0 Å². The summed E-state index contributed by atoms with van der Waals surface area (Å²) < 4.78 is 10.9. The lowest BCUT2D eigenvalue weighted by atomic mass is 9.74. The van der Waals surface area contributed by atoms with E-state index in [0.29, 0.717) is 19.8 Å². The van der Waals surface area contributed by atoms with Gasteiger partial charge in [-0.05, 0) is 49.6 Å². The summed E-state index contributed by atoms with van der Waals surface area (Å²) in [4.78, 5) is 18.9. The Morgan fingerprint density at radius 1 is 1.25 bits per heavy atom. The normalized spacial score (nSPS) is 16.8. The minimum Gasteiger partial charge on any atom is -0.497 e. The Bertz CT molecular complexity index is 758. The van der Waals surface area contributed by atoms with E-state index >= 15 is 0 Å². The maximum absolute atomic E-state index is 12.8. The molecule has 0 spiro atoms. The summed E-state index contributed by atoms with van der Waals surface area (Å²) in [7, 11) is 3.47. The van der Waals surface area contributed by atoms with Gasteiger partial charge in [-0.3, -0.25) is 4.98 Å². The first kappa shape index (κ1) is 20.1. The maximum atomic E-state index is 12.8. The fraction of sp³-hybridized carbons (Fsp3) is 0.455. The van der Waals surface area contributed by atoms with Crippen LogP contribution in [0.4, 0.5) is 4.79 Å². The lowest BCUT2D eigenvalue weighted by Gasteiger charge is -2.38. The number of urea groups is 1. The Morgan fingerprint density at radius 3 is 2.57 bits per heavy atom. The van der Waals surface area contributed by atoms with Crippen LogP contribution in [0.1, 0.15) is 37.1 Å². The van der Waals surface area contributed by atoms with Gasteiger partial charge < -0.3 is 19.7 Å². The van der Waals surface area contributed by atoms with Crippen LogP contribution in [0, 0.1) is 0 Å². The van der Waals surface area contributed by atoms with E-state index in [0.717, 1.165) is 24.3 Å². The van der Waals surface area contributed by atoms with Crippen LogP contribution < -0.4 is 10.1 Å². The van der Waals surface area contributed by atoms with Crippen LogP contribution in [-0.4, -0.2) is 49.8 Å². The van der Waals surface area contributed by atoms with E-state index in [4.69, 9.17) is 9.47 Å². The molecular formula is C22H29N3O3. The minimum absolute atomic E-state index is 0.0995. The molecule has 1 aliphatic rings. The molecule has 6 heteroatoms. The Morgan fingerprint density at radius 2 is 1.96 bits per heavy atom. The standard InChI is InChI=1S/C22H29N3O3/c1-17(20-6-4-5-13-23-20)25(2)21(26)24-16-22(11-14-28-15-12-22)18-7-9-19(27-3)10-8-18/h4-10,13,17H,11-12,14-16H2,1-3H3,(H,24,26). The second-order valence-electron chi connectivity index (χ2n) is 7.32. The monoisotopic (exact) mass is 383 g/mol. The molecule has 1 saturated heterocycles. The first-order chi connectivity index (χ1) is 13.6. The molecule has 1 atom stereocenters. The zero-order chi connectivity index (χ0) is 20.0. The minimum atomic E-state index is -0.130. The largest absolute Gasteiger partial charge is 0.497 e. The highest BCUT2D eigenvalue weighted by Gasteiger charge is 2.35. The molecule has 0 aliphatic carbocycles. The number of carbonyl (C=O) groups excluding carboxylic acids is 1. The van der Waals surface area contributed by atoms with Gasteiger partial charge in [0.15, 0.2) is 0 Å². The number of hydrogen-bond donors (Lipinski definition) is 1. The van der Waals surface area contributed by atoms with E-state index in [1.54, 1.807) is 25.3 Å². The fourth-order valence-corrected chi connectivity index (χ4v) is 3.64. The highest BCUT2D eigenvalue weighted by Crippen LogP contribution is 2.35. The topological polar surface area (TPSA) is 63.7 Å². The Kier molecular flexibility index (Phi) is 6.52. The van der Waals surface area contributed by atoms with Gasteiger partial charge in [-0.1, -0.05) is 18.2 Å². The van der Waals surface area contributed by atoms with Crippen molar-refractivity contribution >= 4 is 6.03 Å². The number of rotatable bonds is 6. The third-order valence-electron chi connectivity index (χ3n) is 5.75. The van der Waals surface area contributed by atoms with Gasteiger partial charge in [0, 0.05) is 38.4 Å². The molecule has 1 N–H and O–H groups in total. The fourth-order valence-electron chi connectivity index (χ4n) is 3.64. The van der Waals surface area contributed by atoms with Crippen molar-refractivity contribution in [2.75, 3.05) is 33.9 Å². The summed E-state index contributed by atoms with van der Waals surface area (Å²) in [5.41, 5.74) is 1.95. The number of carbonyl (C=O) groups is 1. The highest BCUT2D eigenvalue weighted by molar-refractivity contribution is 5.74. The van der Waals surface area contributed by atoms with Crippen molar-refractivity contribution in [1.82, 2.24) is 15.2 Å². The number of pyridine rings is 1. The van der Waals surface area contributed by atoms with Crippen LogP contribution in [0.15, 0.2) is 48.7 Å². The molecule has 6 nitrogen and oxygen atoms in total. The summed E-state index contributed by atoms with van der Waals surface area (Å²) in [6.45, 7) is 3.94. The van der Waals surface area contributed by atoms with Gasteiger partial charge in [-0.25, -0.2) is 4.79 Å². The average molecular weight is 383 g/mol. The van der Waals surface area contributed by atoms with Gasteiger partial charge in [0.2, 0.25) is 0 Å². The van der Waals surface area contributed by atoms with Gasteiger partial charge in [-0.15, -0.1) is 0 Å². The Balaban J connectivity index is 1.70. The summed E-state index contributed by atoms with van der Waals surface area (Å²) in [5.74, 6) is 0.832. The molecule has 0 radical (unpaired) electrons. The number of hydrogen-bond acceptors (Lipinski definition) is 4. The van der Waals surface area contributed by atoms with E-state index in [9.17, 15) is 4.79 Å². The number of amides is 2. The van der Waals surface area contributed by atoms with Crippen LogP contribution >= 0.6 is 0 Å². The second-order valence-corrected chi connectivity index (χ2v) is 7.32. The summed E-state index contributed by atoms with van der Waals surface area (Å²) in [6.07, 6.45) is 3.50. The predicted molar refractivity (Wildman–Crippen MR) is 109 cm³/mol. The Labute approximate surface area is 166 Å². The van der Waals surface area contributed by atoms with Crippen LogP contribution in [0.3, 0.4) is 0 Å². The van der Waals surface area contributed by atoms with E-state index in [2.05, 4.69) is 22.4 Å². The molecule has 3 rings (SSSR count). The van der Waals surface area contributed by atoms with E-state index in [1.807, 2.05) is 37.3 Å². The highest BCUT2D eigenvalue weighted by atomic mass is 16.5. The van der Waals surface area contributed by atoms with Crippen molar-refractivity contribution in [3.63, 3.8) is 0 Å². The number of nitrogens with zero attached hydrogens (tertiary/aromatic N) is 2. The zero-order valence-electron chi connectivity index (χ0n) is 16.9. The quantitative estimate of drug-likeness (QED) is 0.829. The summed E-state index contributed by atoms with van der Waals surface area (Å²) in [5, 5.41) is 3.14. The average Bonchev–Trinajstić information content (AvgIpc) is 2.77. The predicted octanol–water partition coefficient (Wildman–Crippen LogP) is 3.54. The molecule has 1 aromatic heterocycles. The molecule has 2 aromatic rings. The van der Waals surface area contributed by atoms with Gasteiger partial charge in [0.25, 0.3) is 0 Å². The van der Waals surface area contributed by atoms with Gasteiger partial charge in [-0.2, -0.15) is 0 Å². The third kappa shape index (κ3) is 4.44. The number of methoxy groups -OCH3 is 1. The number of aromatic nitrogens is 1. The van der Waals surface area contributed by atoms with Crippen molar-refractivity contribution in [2.45, 2.75) is 31.2 Å². The van der Waals surface area contributed by atoms with Crippen LogP contribution in [0.25, 0.3) is 0 Å². The molecule has 2 amide bonds. The van der Waals surface area contributed by atoms with Crippen molar-refractivity contribution in [2.24, 2.45) is 0 Å². The first-order valence-electron chi connectivity index (χ1n) is 9.69. The molecule has 150 valence electrons. The first-order valence-corrected chi connectivity index (χ1v) is 9.69. The second kappa shape index (κ2) is 9.06. The molecule has 0 bridgehead atoms. The van der Waals surface area contributed by atoms with Crippen molar-refractivity contribution in [1.29, 1.82) is 0 Å². The smallest absolute Gasteiger partial charge is 0.317 e. The molecular weight excluding hydrogens is 354 g/mol. The lowest BCUT2D eigenvalue weighted by Crippen LogP contribution is -2.48. The number of benzene rings is 1. The summed E-state index contributed by atoms with van der Waals surface area (Å²) >= 11 is 0. The third-order valence-corrected chi connectivity index (χ3v) is 5.75. The van der Waals surface area contributed by atoms with E-state index in [-0.39, 0.29) is 17.5 Å². The molecule has 1 fully saturated rings. The van der Waals surface area contributed by atoms with Crippen molar-refractivity contribution < 1.29 is 14.3 Å². The van der Waals surface area contributed by atoms with Gasteiger partial charge in [0.1, 0.15) is 5.75 Å². The maximum Gasteiger partial charge on any atom is 0.317 e. The SMILES string of the molecule is COc1ccc(C2(CNC(=O)N(C)C(C)c3ccccn3)CCOCC2)cc1. The van der Waals surface area contributed by atoms with Crippen molar-refractivity contribution in [3.8, 4) is 5.75 Å². The molecule has 1 unspecified atom stereocenters. The van der Waals surface area contributed by atoms with E-state index < -0.39 is 0 Å². The molecule has 1 aromatic carbocycles. The number of nitrogens with one attached hydrogen (secondary N) is 1. The molecule has 0 saturated carbocycles. The molecule has 2 heterocycles. The lowest BCUT2D eigenvalue weighted by molar-refractivity contribution is 0.0500. The van der Waals surface area contributed by atoms with Gasteiger partial charge in [0.05, 0.1) is 18.8 Å². The van der Waals surface area contributed by atoms with Crippen molar-refractivity contribution in [3.05, 3.63) is 59.9 Å². The number of ether oxygens (including phenoxy) is 2. The molecule has 28 heavy (non-hydrogen) atoms. The van der Waals surface area contributed by atoms with Crippen LogP contribution in [0.5, 0.6) is 5.75 Å². The van der Waals surface area contributed by atoms with Gasteiger partial charge >= 0.3 is 6.03 Å². The van der Waals surface area contributed by atoms with E-state index in [1.165, 1.54) is 5.56 Å². The zero-order valence-corrected chi connectivity index (χ0v) is 16.9. The Hall–Kier alpha value is -2.60.